The smallest absolute Gasteiger partial charge is 0.314 e. The predicted octanol–water partition coefficient (Wildman–Crippen LogP) is 3.11. The van der Waals surface area contributed by atoms with Crippen LogP contribution in [-0.4, -0.2) is 11.0 Å². The van der Waals surface area contributed by atoms with Gasteiger partial charge in [0.2, 0.25) is 0 Å². The fourth-order valence-corrected chi connectivity index (χ4v) is 2.26. The Hall–Kier alpha value is -1.36. The first-order chi connectivity index (χ1) is 7.84. The molecule has 0 aromatic carbocycles. The Morgan fingerprint density at radius 3 is 2.88 bits per heavy atom. The minimum absolute atomic E-state index is 0.215. The zero-order valence-corrected chi connectivity index (χ0v) is 9.85. The molecule has 1 aromatic rings. The molecule has 5 heteroatoms. The number of amides is 2. The summed E-state index contributed by atoms with van der Waals surface area (Å²) in [6.45, 7) is 0. The Balaban J connectivity index is 1.78. The van der Waals surface area contributed by atoms with E-state index in [1.165, 1.54) is 36.2 Å². The van der Waals surface area contributed by atoms with Crippen molar-refractivity contribution in [3.8, 4) is 0 Å². The minimum Gasteiger partial charge on any atom is -0.314 e. The van der Waals surface area contributed by atoms with Gasteiger partial charge in [0.25, 0.3) is 0 Å². The van der Waals surface area contributed by atoms with Gasteiger partial charge in [0.15, 0.2) is 5.13 Å². The van der Waals surface area contributed by atoms with E-state index in [2.05, 4.69) is 15.6 Å². The van der Waals surface area contributed by atoms with E-state index in [9.17, 15) is 4.79 Å². The van der Waals surface area contributed by atoms with Gasteiger partial charge in [-0.2, -0.15) is 0 Å². The molecule has 1 aliphatic carbocycles. The molecule has 0 unspecified atom stereocenters. The van der Waals surface area contributed by atoms with E-state index in [0.717, 1.165) is 12.8 Å². The SMILES string of the molecule is O=C(NC=C1CCCCC1)Nc1nccs1. The predicted molar refractivity (Wildman–Crippen MR) is 65.4 cm³/mol. The molecule has 1 fully saturated rings. The number of anilines is 1. The molecule has 4 nitrogen and oxygen atoms in total. The van der Waals surface area contributed by atoms with Crippen LogP contribution >= 0.6 is 11.3 Å². The van der Waals surface area contributed by atoms with E-state index in [1.807, 2.05) is 11.6 Å². The van der Waals surface area contributed by atoms with Crippen molar-refractivity contribution in [1.82, 2.24) is 10.3 Å². The number of urea groups is 1. The molecule has 0 aliphatic heterocycles. The van der Waals surface area contributed by atoms with Crippen LogP contribution in [0.15, 0.2) is 23.3 Å². The summed E-state index contributed by atoms with van der Waals surface area (Å²) in [5, 5.41) is 7.87. The van der Waals surface area contributed by atoms with Crippen LogP contribution in [0, 0.1) is 0 Å². The standard InChI is InChI=1S/C11H15N3OS/c15-10(14-11-12-6-7-16-11)13-8-9-4-2-1-3-5-9/h6-8H,1-5H2,(H2,12,13,14,15). The van der Waals surface area contributed by atoms with Gasteiger partial charge >= 0.3 is 6.03 Å². The molecule has 1 aliphatic rings. The van der Waals surface area contributed by atoms with Crippen LogP contribution in [0.3, 0.4) is 0 Å². The Morgan fingerprint density at radius 1 is 1.38 bits per heavy atom. The summed E-state index contributed by atoms with van der Waals surface area (Å²) in [5.41, 5.74) is 1.33. The number of allylic oxidation sites excluding steroid dienone is 1. The average Bonchev–Trinajstić information content (AvgIpc) is 2.81. The average molecular weight is 237 g/mol. The molecular weight excluding hydrogens is 222 g/mol. The first kappa shape index (κ1) is 11.1. The minimum atomic E-state index is -0.215. The van der Waals surface area contributed by atoms with Crippen molar-refractivity contribution < 1.29 is 4.79 Å². The molecule has 0 radical (unpaired) electrons. The Morgan fingerprint density at radius 2 is 2.19 bits per heavy atom. The fraction of sp³-hybridized carbons (Fsp3) is 0.455. The third-order valence-electron chi connectivity index (χ3n) is 2.56. The van der Waals surface area contributed by atoms with Gasteiger partial charge in [0.05, 0.1) is 0 Å². The maximum absolute atomic E-state index is 11.5. The molecule has 0 spiro atoms. The van der Waals surface area contributed by atoms with Crippen LogP contribution in [0.2, 0.25) is 0 Å². The lowest BCUT2D eigenvalue weighted by molar-refractivity contribution is 0.255. The summed E-state index contributed by atoms with van der Waals surface area (Å²) in [7, 11) is 0. The molecular formula is C11H15N3OS. The van der Waals surface area contributed by atoms with Crippen molar-refractivity contribution in [3.05, 3.63) is 23.3 Å². The first-order valence-corrected chi connectivity index (χ1v) is 6.37. The lowest BCUT2D eigenvalue weighted by Gasteiger charge is -2.13. The molecule has 0 bridgehead atoms. The number of nitrogens with one attached hydrogen (secondary N) is 2. The highest BCUT2D eigenvalue weighted by Gasteiger charge is 2.06. The van der Waals surface area contributed by atoms with Gasteiger partial charge in [-0.25, -0.2) is 9.78 Å². The summed E-state index contributed by atoms with van der Waals surface area (Å²) in [4.78, 5) is 15.4. The number of thiazole rings is 1. The number of hydrogen-bond donors (Lipinski definition) is 2. The second-order valence-electron chi connectivity index (χ2n) is 3.80. The quantitative estimate of drug-likeness (QED) is 0.830. The van der Waals surface area contributed by atoms with Crippen LogP contribution in [0.5, 0.6) is 0 Å². The summed E-state index contributed by atoms with van der Waals surface area (Å²) >= 11 is 1.41. The molecule has 2 rings (SSSR count). The van der Waals surface area contributed by atoms with E-state index in [0.29, 0.717) is 5.13 Å². The van der Waals surface area contributed by atoms with E-state index in [4.69, 9.17) is 0 Å². The van der Waals surface area contributed by atoms with E-state index in [-0.39, 0.29) is 6.03 Å². The third kappa shape index (κ3) is 3.34. The molecule has 1 heterocycles. The van der Waals surface area contributed by atoms with Crippen molar-refractivity contribution in [2.45, 2.75) is 32.1 Å². The highest BCUT2D eigenvalue weighted by molar-refractivity contribution is 7.13. The van der Waals surface area contributed by atoms with Gasteiger partial charge in [-0.3, -0.25) is 5.32 Å². The summed E-state index contributed by atoms with van der Waals surface area (Å²) in [6.07, 6.45) is 9.50. The van der Waals surface area contributed by atoms with Crippen LogP contribution in [0.1, 0.15) is 32.1 Å². The van der Waals surface area contributed by atoms with E-state index >= 15 is 0 Å². The Kier molecular flexibility index (Phi) is 3.93. The highest BCUT2D eigenvalue weighted by Crippen LogP contribution is 2.21. The monoisotopic (exact) mass is 237 g/mol. The molecule has 1 aromatic heterocycles. The number of aromatic nitrogens is 1. The molecule has 16 heavy (non-hydrogen) atoms. The number of hydrogen-bond acceptors (Lipinski definition) is 3. The Bertz CT molecular complexity index is 365. The van der Waals surface area contributed by atoms with Crippen molar-refractivity contribution in [2.75, 3.05) is 5.32 Å². The molecule has 1 saturated carbocycles. The number of nitrogens with zero attached hydrogens (tertiary/aromatic N) is 1. The maximum atomic E-state index is 11.5. The second kappa shape index (κ2) is 5.65. The highest BCUT2D eigenvalue weighted by atomic mass is 32.1. The van der Waals surface area contributed by atoms with Gasteiger partial charge in [-0.05, 0) is 25.7 Å². The van der Waals surface area contributed by atoms with E-state index < -0.39 is 0 Å². The maximum Gasteiger partial charge on any atom is 0.325 e. The van der Waals surface area contributed by atoms with Crippen LogP contribution in [0.4, 0.5) is 9.93 Å². The van der Waals surface area contributed by atoms with E-state index in [1.54, 1.807) is 6.20 Å². The molecule has 2 amide bonds. The zero-order valence-electron chi connectivity index (χ0n) is 9.03. The van der Waals surface area contributed by atoms with Crippen molar-refractivity contribution >= 4 is 22.5 Å². The molecule has 2 N–H and O–H groups in total. The fourth-order valence-electron chi connectivity index (χ4n) is 1.74. The summed E-state index contributed by atoms with van der Waals surface area (Å²) in [5.74, 6) is 0. The molecule has 0 atom stereocenters. The van der Waals surface area contributed by atoms with Gasteiger partial charge in [-0.15, -0.1) is 11.3 Å². The zero-order chi connectivity index (χ0) is 11.2. The van der Waals surface area contributed by atoms with Gasteiger partial charge < -0.3 is 5.32 Å². The van der Waals surface area contributed by atoms with Crippen molar-refractivity contribution in [2.24, 2.45) is 0 Å². The van der Waals surface area contributed by atoms with Crippen molar-refractivity contribution in [3.63, 3.8) is 0 Å². The lowest BCUT2D eigenvalue weighted by atomic mass is 9.96. The second-order valence-corrected chi connectivity index (χ2v) is 4.69. The van der Waals surface area contributed by atoms with Crippen LogP contribution in [-0.2, 0) is 0 Å². The topological polar surface area (TPSA) is 54.0 Å². The van der Waals surface area contributed by atoms with Gasteiger partial charge in [0.1, 0.15) is 0 Å². The van der Waals surface area contributed by atoms with Crippen molar-refractivity contribution in [1.29, 1.82) is 0 Å². The number of rotatable bonds is 2. The lowest BCUT2D eigenvalue weighted by Crippen LogP contribution is -2.24. The van der Waals surface area contributed by atoms with Gasteiger partial charge in [0, 0.05) is 17.8 Å². The summed E-state index contributed by atoms with van der Waals surface area (Å²) < 4.78 is 0. The van der Waals surface area contributed by atoms with Crippen LogP contribution in [0.25, 0.3) is 0 Å². The summed E-state index contributed by atoms with van der Waals surface area (Å²) in [6, 6.07) is -0.215. The molecule has 86 valence electrons. The normalized spacial score (nSPS) is 15.6. The number of carbonyl (C=O) groups is 1. The largest absolute Gasteiger partial charge is 0.325 e. The Labute approximate surface area is 98.8 Å². The first-order valence-electron chi connectivity index (χ1n) is 5.49. The number of carbonyl (C=O) groups excluding carboxylic acids is 1. The third-order valence-corrected chi connectivity index (χ3v) is 3.24. The van der Waals surface area contributed by atoms with Crippen LogP contribution < -0.4 is 10.6 Å². The van der Waals surface area contributed by atoms with Gasteiger partial charge in [-0.1, -0.05) is 12.0 Å². The molecule has 0 saturated heterocycles.